The number of amides is 1. The Morgan fingerprint density at radius 2 is 1.97 bits per heavy atom. The van der Waals surface area contributed by atoms with Crippen molar-refractivity contribution in [2.45, 2.75) is 39.2 Å². The van der Waals surface area contributed by atoms with Crippen molar-refractivity contribution in [3.05, 3.63) is 83.4 Å². The van der Waals surface area contributed by atoms with Gasteiger partial charge in [-0.25, -0.2) is 0 Å². The van der Waals surface area contributed by atoms with Gasteiger partial charge >= 0.3 is 5.97 Å². The molecule has 2 heterocycles. The molecule has 32 heavy (non-hydrogen) atoms. The summed E-state index contributed by atoms with van der Waals surface area (Å²) in [6.45, 7) is 3.15. The zero-order chi connectivity index (χ0) is 22.5. The molecule has 6 heteroatoms. The molecule has 0 radical (unpaired) electrons. The maximum Gasteiger partial charge on any atom is 0.307 e. The lowest BCUT2D eigenvalue weighted by atomic mass is 9.97. The molecule has 1 aromatic carbocycles. The summed E-state index contributed by atoms with van der Waals surface area (Å²) in [6, 6.07) is 13.9. The maximum atomic E-state index is 13.1. The summed E-state index contributed by atoms with van der Waals surface area (Å²) < 4.78 is 0. The van der Waals surface area contributed by atoms with Gasteiger partial charge in [0.2, 0.25) is 5.91 Å². The fourth-order valence-corrected chi connectivity index (χ4v) is 3.90. The zero-order valence-electron chi connectivity index (χ0n) is 18.2. The van der Waals surface area contributed by atoms with Crippen molar-refractivity contribution in [3.63, 3.8) is 0 Å². The maximum absolute atomic E-state index is 13.1. The van der Waals surface area contributed by atoms with E-state index in [4.69, 9.17) is 5.11 Å². The number of aromatic nitrogens is 2. The summed E-state index contributed by atoms with van der Waals surface area (Å²) in [7, 11) is 0. The highest BCUT2D eigenvalue weighted by molar-refractivity contribution is 5.81. The lowest BCUT2D eigenvalue weighted by Crippen LogP contribution is -2.34. The number of hydrogen-bond donors (Lipinski definition) is 1. The Labute approximate surface area is 188 Å². The predicted octanol–water partition coefficient (Wildman–Crippen LogP) is 4.06. The van der Waals surface area contributed by atoms with Gasteiger partial charge in [-0.2, -0.15) is 0 Å². The Balaban J connectivity index is 1.61. The van der Waals surface area contributed by atoms with E-state index in [1.807, 2.05) is 48.2 Å². The molecule has 3 aromatic rings. The first-order valence-electron chi connectivity index (χ1n) is 10.9. The molecule has 1 aliphatic carbocycles. The highest BCUT2D eigenvalue weighted by Gasteiger charge is 2.33. The molecule has 6 nitrogen and oxygen atoms in total. The first-order chi connectivity index (χ1) is 15.5. The Hall–Kier alpha value is -3.54. The van der Waals surface area contributed by atoms with Gasteiger partial charge in [-0.05, 0) is 54.7 Å². The third kappa shape index (κ3) is 5.58. The van der Waals surface area contributed by atoms with Crippen LogP contribution in [0.1, 0.15) is 35.2 Å². The van der Waals surface area contributed by atoms with E-state index in [9.17, 15) is 9.59 Å². The molecule has 0 aliphatic heterocycles. The van der Waals surface area contributed by atoms with Crippen molar-refractivity contribution in [1.82, 2.24) is 14.9 Å². The number of hydrogen-bond acceptors (Lipinski definition) is 4. The number of rotatable bonds is 9. The molecule has 1 N–H and O–H groups in total. The average Bonchev–Trinajstić information content (AvgIpc) is 3.62. The van der Waals surface area contributed by atoms with Crippen LogP contribution < -0.4 is 0 Å². The van der Waals surface area contributed by atoms with Crippen molar-refractivity contribution in [1.29, 1.82) is 0 Å². The standard InChI is InChI=1S/C26H27N3O3/c1-18-5-8-24(21-13-19(14-25(30)31)15-27-16-21)22(12-18)17-29(26(32)20-6-7-20)11-9-23-4-2-3-10-28-23/h2-5,8,10,12-13,15-16,20H,6-7,9,11,14,17H2,1H3,(H,30,31). The van der Waals surface area contributed by atoms with E-state index in [-0.39, 0.29) is 18.2 Å². The minimum atomic E-state index is -0.885. The number of carboxylic acids is 1. The first kappa shape index (κ1) is 21.7. The van der Waals surface area contributed by atoms with Crippen LogP contribution >= 0.6 is 0 Å². The second-order valence-corrected chi connectivity index (χ2v) is 8.42. The van der Waals surface area contributed by atoms with Crippen LogP contribution in [0.15, 0.2) is 61.1 Å². The number of carbonyl (C=O) groups excluding carboxylic acids is 1. The monoisotopic (exact) mass is 429 g/mol. The average molecular weight is 430 g/mol. The van der Waals surface area contributed by atoms with Crippen LogP contribution in [-0.4, -0.2) is 38.4 Å². The van der Waals surface area contributed by atoms with Crippen LogP contribution in [-0.2, 0) is 29.0 Å². The van der Waals surface area contributed by atoms with E-state index < -0.39 is 5.97 Å². The summed E-state index contributed by atoms with van der Waals surface area (Å²) in [6.07, 6.45) is 7.66. The molecule has 1 amide bonds. The SMILES string of the molecule is Cc1ccc(-c2cncc(CC(=O)O)c2)c(CN(CCc2ccccn2)C(=O)C2CC2)c1. The molecule has 0 saturated heterocycles. The molecule has 0 atom stereocenters. The smallest absolute Gasteiger partial charge is 0.307 e. The summed E-state index contributed by atoms with van der Waals surface area (Å²) >= 11 is 0. The Bertz CT molecular complexity index is 1110. The minimum absolute atomic E-state index is 0.0710. The summed E-state index contributed by atoms with van der Waals surface area (Å²) in [4.78, 5) is 34.8. The molecule has 2 aromatic heterocycles. The zero-order valence-corrected chi connectivity index (χ0v) is 18.2. The molecule has 1 saturated carbocycles. The van der Waals surface area contributed by atoms with Crippen LogP contribution in [0.25, 0.3) is 11.1 Å². The number of carboxylic acid groups (broad SMARTS) is 1. The fraction of sp³-hybridized carbons (Fsp3) is 0.308. The van der Waals surface area contributed by atoms with Gasteiger partial charge in [0, 0.05) is 55.3 Å². The lowest BCUT2D eigenvalue weighted by molar-refractivity contribution is -0.136. The van der Waals surface area contributed by atoms with E-state index in [1.54, 1.807) is 18.6 Å². The number of aryl methyl sites for hydroxylation is 1. The number of carbonyl (C=O) groups is 2. The van der Waals surface area contributed by atoms with E-state index >= 15 is 0 Å². The quantitative estimate of drug-likeness (QED) is 0.555. The molecule has 4 rings (SSSR count). The summed E-state index contributed by atoms with van der Waals surface area (Å²) in [5, 5.41) is 9.13. The van der Waals surface area contributed by atoms with Gasteiger partial charge in [-0.15, -0.1) is 0 Å². The second-order valence-electron chi connectivity index (χ2n) is 8.42. The van der Waals surface area contributed by atoms with Crippen LogP contribution in [0, 0.1) is 12.8 Å². The molecular formula is C26H27N3O3. The van der Waals surface area contributed by atoms with E-state index in [0.717, 1.165) is 40.8 Å². The van der Waals surface area contributed by atoms with Crippen molar-refractivity contribution in [2.75, 3.05) is 6.54 Å². The summed E-state index contributed by atoms with van der Waals surface area (Å²) in [5.74, 6) is -0.553. The minimum Gasteiger partial charge on any atom is -0.481 e. The van der Waals surface area contributed by atoms with Gasteiger partial charge in [-0.1, -0.05) is 29.8 Å². The molecule has 0 unspecified atom stereocenters. The number of pyridine rings is 2. The fourth-order valence-electron chi connectivity index (χ4n) is 3.90. The Morgan fingerprint density at radius 3 is 2.69 bits per heavy atom. The van der Waals surface area contributed by atoms with Crippen molar-refractivity contribution in [2.24, 2.45) is 5.92 Å². The molecule has 1 fully saturated rings. The molecule has 164 valence electrons. The number of benzene rings is 1. The molecule has 0 spiro atoms. The van der Waals surface area contributed by atoms with Crippen molar-refractivity contribution >= 4 is 11.9 Å². The summed E-state index contributed by atoms with van der Waals surface area (Å²) in [5.41, 5.74) is 5.61. The van der Waals surface area contributed by atoms with E-state index in [2.05, 4.69) is 16.0 Å². The molecular weight excluding hydrogens is 402 g/mol. The van der Waals surface area contributed by atoms with Gasteiger partial charge in [0.1, 0.15) is 0 Å². The van der Waals surface area contributed by atoms with Crippen molar-refractivity contribution in [3.8, 4) is 11.1 Å². The van der Waals surface area contributed by atoms with Crippen LogP contribution in [0.4, 0.5) is 0 Å². The Kier molecular flexibility index (Phi) is 6.59. The normalized spacial score (nSPS) is 13.0. The van der Waals surface area contributed by atoms with Gasteiger partial charge in [0.05, 0.1) is 6.42 Å². The third-order valence-electron chi connectivity index (χ3n) is 5.69. The van der Waals surface area contributed by atoms with Gasteiger partial charge in [-0.3, -0.25) is 19.6 Å². The lowest BCUT2D eigenvalue weighted by Gasteiger charge is -2.24. The van der Waals surface area contributed by atoms with E-state index in [0.29, 0.717) is 25.1 Å². The van der Waals surface area contributed by atoms with E-state index in [1.165, 1.54) is 0 Å². The number of aliphatic carboxylic acids is 1. The molecule has 0 bridgehead atoms. The highest BCUT2D eigenvalue weighted by Crippen LogP contribution is 2.33. The topological polar surface area (TPSA) is 83.4 Å². The van der Waals surface area contributed by atoms with Crippen molar-refractivity contribution < 1.29 is 14.7 Å². The third-order valence-corrected chi connectivity index (χ3v) is 5.69. The largest absolute Gasteiger partial charge is 0.481 e. The van der Waals surface area contributed by atoms with Gasteiger partial charge in [0.25, 0.3) is 0 Å². The molecule has 1 aliphatic rings. The predicted molar refractivity (Wildman–Crippen MR) is 122 cm³/mol. The second kappa shape index (κ2) is 9.73. The number of nitrogens with zero attached hydrogens (tertiary/aromatic N) is 3. The highest BCUT2D eigenvalue weighted by atomic mass is 16.4. The Morgan fingerprint density at radius 1 is 1.12 bits per heavy atom. The first-order valence-corrected chi connectivity index (χ1v) is 10.9. The van der Waals surface area contributed by atoms with Crippen LogP contribution in [0.3, 0.4) is 0 Å². The van der Waals surface area contributed by atoms with Gasteiger partial charge in [0.15, 0.2) is 0 Å². The van der Waals surface area contributed by atoms with Gasteiger partial charge < -0.3 is 10.0 Å². The van der Waals surface area contributed by atoms with Crippen LogP contribution in [0.5, 0.6) is 0 Å². The van der Waals surface area contributed by atoms with Crippen LogP contribution in [0.2, 0.25) is 0 Å².